The number of aliphatic carboxylic acids is 1. The van der Waals surface area contributed by atoms with Gasteiger partial charge in [0.2, 0.25) is 0 Å². The molecule has 0 bridgehead atoms. The molecule has 0 amide bonds. The van der Waals surface area contributed by atoms with Crippen LogP contribution in [0.3, 0.4) is 0 Å². The van der Waals surface area contributed by atoms with Crippen LogP contribution >= 0.6 is 0 Å². The van der Waals surface area contributed by atoms with Gasteiger partial charge in [0, 0.05) is 6.42 Å². The maximum atomic E-state index is 11.3. The molecule has 114 valence electrons. The zero-order chi connectivity index (χ0) is 14.9. The van der Waals surface area contributed by atoms with E-state index in [0.717, 1.165) is 31.4 Å². The smallest absolute Gasteiger partial charge is 0.303 e. The van der Waals surface area contributed by atoms with Crippen LogP contribution in [0, 0.1) is 5.92 Å². The van der Waals surface area contributed by atoms with Crippen molar-refractivity contribution < 1.29 is 14.6 Å². The molecule has 1 fully saturated rings. The van der Waals surface area contributed by atoms with Gasteiger partial charge in [0.15, 0.2) is 0 Å². The Kier molecular flexibility index (Phi) is 3.92. The fourth-order valence-corrected chi connectivity index (χ4v) is 4.66. The number of carbonyl (C=O) groups is 1. The summed E-state index contributed by atoms with van der Waals surface area (Å²) in [6, 6.07) is 6.32. The lowest BCUT2D eigenvalue weighted by Crippen LogP contribution is -2.42. The summed E-state index contributed by atoms with van der Waals surface area (Å²) in [6.45, 7) is 0. The Morgan fingerprint density at radius 3 is 2.76 bits per heavy atom. The Labute approximate surface area is 126 Å². The summed E-state index contributed by atoms with van der Waals surface area (Å²) in [5.41, 5.74) is 2.77. The van der Waals surface area contributed by atoms with E-state index in [2.05, 4.69) is 12.1 Å². The minimum Gasteiger partial charge on any atom is -0.496 e. The molecule has 1 saturated carbocycles. The largest absolute Gasteiger partial charge is 0.496 e. The quantitative estimate of drug-likeness (QED) is 0.916. The van der Waals surface area contributed by atoms with Gasteiger partial charge in [-0.3, -0.25) is 4.79 Å². The van der Waals surface area contributed by atoms with E-state index in [1.807, 2.05) is 6.07 Å². The summed E-state index contributed by atoms with van der Waals surface area (Å²) < 4.78 is 5.55. The lowest BCUT2D eigenvalue weighted by Gasteiger charge is -2.48. The van der Waals surface area contributed by atoms with Crippen LogP contribution in [0.5, 0.6) is 5.75 Å². The molecule has 1 N–H and O–H groups in total. The fraction of sp³-hybridized carbons (Fsp3) is 0.611. The molecule has 1 atom stereocenters. The van der Waals surface area contributed by atoms with Crippen LogP contribution in [0.15, 0.2) is 18.2 Å². The number of rotatable bonds is 3. The molecule has 1 aromatic carbocycles. The number of carboxylic acids is 1. The van der Waals surface area contributed by atoms with Gasteiger partial charge in [0.25, 0.3) is 0 Å². The number of hydrogen-bond donors (Lipinski definition) is 1. The van der Waals surface area contributed by atoms with Gasteiger partial charge in [0.1, 0.15) is 5.75 Å². The van der Waals surface area contributed by atoms with Gasteiger partial charge in [-0.05, 0) is 54.2 Å². The Hall–Kier alpha value is -1.51. The standard InChI is InChI=1S/C18H24O3/c1-21-16-7-5-6-15-14(16)9-8-13(12-17(19)20)18(15)10-3-2-4-11-18/h5-7,13H,2-4,8-12H2,1H3,(H,19,20). The van der Waals surface area contributed by atoms with Crippen LogP contribution in [-0.4, -0.2) is 18.2 Å². The van der Waals surface area contributed by atoms with Gasteiger partial charge in [-0.25, -0.2) is 0 Å². The Bertz CT molecular complexity index is 529. The van der Waals surface area contributed by atoms with E-state index in [-0.39, 0.29) is 11.3 Å². The van der Waals surface area contributed by atoms with Crippen molar-refractivity contribution in [3.63, 3.8) is 0 Å². The zero-order valence-electron chi connectivity index (χ0n) is 12.7. The van der Waals surface area contributed by atoms with Crippen molar-refractivity contribution in [2.24, 2.45) is 5.92 Å². The van der Waals surface area contributed by atoms with E-state index in [4.69, 9.17) is 4.74 Å². The second-order valence-electron chi connectivity index (χ2n) is 6.54. The van der Waals surface area contributed by atoms with Gasteiger partial charge < -0.3 is 9.84 Å². The Morgan fingerprint density at radius 2 is 2.10 bits per heavy atom. The molecule has 3 rings (SSSR count). The van der Waals surface area contributed by atoms with E-state index in [9.17, 15) is 9.90 Å². The number of methoxy groups -OCH3 is 1. The Morgan fingerprint density at radius 1 is 1.33 bits per heavy atom. The number of fused-ring (bicyclic) bond motifs is 2. The minimum absolute atomic E-state index is 0.0682. The van der Waals surface area contributed by atoms with Crippen molar-refractivity contribution in [2.75, 3.05) is 7.11 Å². The van der Waals surface area contributed by atoms with Crippen LogP contribution in [0.25, 0.3) is 0 Å². The van der Waals surface area contributed by atoms with Crippen molar-refractivity contribution in [3.8, 4) is 5.75 Å². The van der Waals surface area contributed by atoms with E-state index >= 15 is 0 Å². The zero-order valence-corrected chi connectivity index (χ0v) is 12.7. The maximum Gasteiger partial charge on any atom is 0.303 e. The molecular formula is C18H24O3. The minimum atomic E-state index is -0.656. The second kappa shape index (κ2) is 5.70. The van der Waals surface area contributed by atoms with Crippen molar-refractivity contribution in [1.82, 2.24) is 0 Å². The van der Waals surface area contributed by atoms with Crippen LogP contribution in [0.2, 0.25) is 0 Å². The van der Waals surface area contributed by atoms with Gasteiger partial charge >= 0.3 is 5.97 Å². The summed E-state index contributed by atoms with van der Waals surface area (Å²) in [7, 11) is 1.73. The van der Waals surface area contributed by atoms with Gasteiger partial charge in [-0.1, -0.05) is 31.4 Å². The number of ether oxygens (including phenoxy) is 1. The molecule has 1 spiro atoms. The highest BCUT2D eigenvalue weighted by atomic mass is 16.5. The first-order valence-corrected chi connectivity index (χ1v) is 8.05. The molecule has 0 aromatic heterocycles. The third-order valence-electron chi connectivity index (χ3n) is 5.58. The van der Waals surface area contributed by atoms with Crippen molar-refractivity contribution in [2.45, 2.75) is 56.8 Å². The normalized spacial score (nSPS) is 23.6. The first-order valence-electron chi connectivity index (χ1n) is 8.05. The summed E-state index contributed by atoms with van der Waals surface area (Å²) in [4.78, 5) is 11.3. The molecule has 2 aliphatic carbocycles. The highest BCUT2D eigenvalue weighted by Crippen LogP contribution is 2.53. The molecule has 2 aliphatic rings. The maximum absolute atomic E-state index is 11.3. The highest BCUT2D eigenvalue weighted by Gasteiger charge is 2.45. The highest BCUT2D eigenvalue weighted by molar-refractivity contribution is 5.67. The topological polar surface area (TPSA) is 46.5 Å². The van der Waals surface area contributed by atoms with E-state index < -0.39 is 5.97 Å². The van der Waals surface area contributed by atoms with E-state index in [0.29, 0.717) is 6.42 Å². The first kappa shape index (κ1) is 14.4. The summed E-state index contributed by atoms with van der Waals surface area (Å²) in [6.07, 6.45) is 8.19. The summed E-state index contributed by atoms with van der Waals surface area (Å²) >= 11 is 0. The van der Waals surface area contributed by atoms with Crippen molar-refractivity contribution in [1.29, 1.82) is 0 Å². The second-order valence-corrected chi connectivity index (χ2v) is 6.54. The number of hydrogen-bond acceptors (Lipinski definition) is 2. The predicted molar refractivity (Wildman–Crippen MR) is 81.8 cm³/mol. The third-order valence-corrected chi connectivity index (χ3v) is 5.58. The van der Waals surface area contributed by atoms with Gasteiger partial charge in [0.05, 0.1) is 7.11 Å². The molecular weight excluding hydrogens is 264 g/mol. The van der Waals surface area contributed by atoms with Gasteiger partial charge in [-0.2, -0.15) is 0 Å². The van der Waals surface area contributed by atoms with Crippen molar-refractivity contribution >= 4 is 5.97 Å². The van der Waals surface area contributed by atoms with Crippen LogP contribution in [0.1, 0.15) is 56.1 Å². The monoisotopic (exact) mass is 288 g/mol. The molecule has 3 nitrogen and oxygen atoms in total. The van der Waals surface area contributed by atoms with Crippen LogP contribution in [0.4, 0.5) is 0 Å². The lowest BCUT2D eigenvalue weighted by molar-refractivity contribution is -0.139. The first-order chi connectivity index (χ1) is 10.2. The molecule has 0 aliphatic heterocycles. The average molecular weight is 288 g/mol. The molecule has 0 heterocycles. The van der Waals surface area contributed by atoms with Crippen LogP contribution < -0.4 is 4.74 Å². The molecule has 1 aromatic rings. The number of benzene rings is 1. The average Bonchev–Trinajstić information content (AvgIpc) is 2.50. The predicted octanol–water partition coefficient (Wildman–Crippen LogP) is 3.93. The molecule has 0 radical (unpaired) electrons. The van der Waals surface area contributed by atoms with Crippen LogP contribution in [-0.2, 0) is 16.6 Å². The molecule has 3 heteroatoms. The molecule has 0 saturated heterocycles. The molecule has 1 unspecified atom stereocenters. The lowest BCUT2D eigenvalue weighted by atomic mass is 9.56. The SMILES string of the molecule is COc1cccc2c1CCC(CC(=O)O)C21CCCCC1. The van der Waals surface area contributed by atoms with Gasteiger partial charge in [-0.15, -0.1) is 0 Å². The van der Waals surface area contributed by atoms with Crippen molar-refractivity contribution in [3.05, 3.63) is 29.3 Å². The summed E-state index contributed by atoms with van der Waals surface area (Å²) in [5, 5.41) is 9.30. The number of carboxylic acid groups (broad SMARTS) is 1. The van der Waals surface area contributed by atoms with E-state index in [1.54, 1.807) is 7.11 Å². The Balaban J connectivity index is 2.07. The summed E-state index contributed by atoms with van der Waals surface area (Å²) in [5.74, 6) is 0.595. The van der Waals surface area contributed by atoms with E-state index in [1.165, 1.54) is 30.4 Å². The third kappa shape index (κ3) is 2.43. The fourth-order valence-electron chi connectivity index (χ4n) is 4.66. The molecule has 21 heavy (non-hydrogen) atoms.